The number of hydrogen-bond acceptors (Lipinski definition) is 5. The number of Topliss-reactive ketones (excluding diaryl/α,β-unsaturated/α-hetero) is 1. The molecule has 3 unspecified atom stereocenters. The SMILES string of the molecule is CCCCCCCCCCCCCCC(O)C(O)CC(O)C(=O)CCCCCCCCCCCCCCCCCCCCCCCCCO. The van der Waals surface area contributed by atoms with Crippen LogP contribution in [0.15, 0.2) is 0 Å². The fraction of sp³-hybridized carbons (Fsp3) is 0.977. The fourth-order valence-electron chi connectivity index (χ4n) is 7.19. The van der Waals surface area contributed by atoms with Gasteiger partial charge in [0.2, 0.25) is 0 Å². The Morgan fingerprint density at radius 3 is 1.00 bits per heavy atom. The number of carbonyl (C=O) groups excluding carboxylic acids is 1. The summed E-state index contributed by atoms with van der Waals surface area (Å²) in [6.45, 7) is 2.61. The van der Waals surface area contributed by atoms with Crippen LogP contribution in [0, 0.1) is 0 Å². The molecule has 0 saturated heterocycles. The molecule has 294 valence electrons. The van der Waals surface area contributed by atoms with Crippen molar-refractivity contribution in [1.82, 2.24) is 0 Å². The summed E-state index contributed by atoms with van der Waals surface area (Å²) in [6.07, 6.45) is 42.7. The predicted octanol–water partition coefficient (Wildman–Crippen LogP) is 12.5. The molecule has 0 radical (unpaired) electrons. The zero-order valence-electron chi connectivity index (χ0n) is 33.0. The van der Waals surface area contributed by atoms with E-state index in [1.54, 1.807) is 0 Å². The number of ketones is 1. The van der Waals surface area contributed by atoms with Crippen molar-refractivity contribution in [2.45, 2.75) is 269 Å². The minimum atomic E-state index is -1.16. The van der Waals surface area contributed by atoms with Gasteiger partial charge in [0.25, 0.3) is 0 Å². The maximum absolute atomic E-state index is 12.3. The Morgan fingerprint density at radius 1 is 0.388 bits per heavy atom. The summed E-state index contributed by atoms with van der Waals surface area (Å²) in [6, 6.07) is 0. The van der Waals surface area contributed by atoms with Crippen molar-refractivity contribution in [2.75, 3.05) is 6.61 Å². The van der Waals surface area contributed by atoms with Crippen LogP contribution >= 0.6 is 0 Å². The van der Waals surface area contributed by atoms with E-state index in [-0.39, 0.29) is 12.2 Å². The quantitative estimate of drug-likeness (QED) is 0.0476. The summed E-state index contributed by atoms with van der Waals surface area (Å²) in [4.78, 5) is 12.3. The maximum atomic E-state index is 12.3. The van der Waals surface area contributed by atoms with Crippen molar-refractivity contribution in [1.29, 1.82) is 0 Å². The highest BCUT2D eigenvalue weighted by Crippen LogP contribution is 2.18. The largest absolute Gasteiger partial charge is 0.396 e. The summed E-state index contributed by atoms with van der Waals surface area (Å²) in [5.74, 6) is -0.190. The molecule has 0 fully saturated rings. The summed E-state index contributed by atoms with van der Waals surface area (Å²) < 4.78 is 0. The van der Waals surface area contributed by atoms with Crippen LogP contribution in [0.2, 0.25) is 0 Å². The number of carbonyl (C=O) groups is 1. The van der Waals surface area contributed by atoms with Crippen LogP contribution in [0.5, 0.6) is 0 Å². The van der Waals surface area contributed by atoms with Gasteiger partial charge in [0, 0.05) is 19.4 Å². The smallest absolute Gasteiger partial charge is 0.161 e. The van der Waals surface area contributed by atoms with Crippen molar-refractivity contribution in [3.63, 3.8) is 0 Å². The molecule has 4 N–H and O–H groups in total. The Bertz CT molecular complexity index is 641. The molecular weight excluding hydrogens is 608 g/mol. The average molecular weight is 697 g/mol. The predicted molar refractivity (Wildman–Crippen MR) is 211 cm³/mol. The maximum Gasteiger partial charge on any atom is 0.161 e. The highest BCUT2D eigenvalue weighted by molar-refractivity contribution is 5.82. The van der Waals surface area contributed by atoms with E-state index in [2.05, 4.69) is 6.92 Å². The molecular formula is C44H88O5. The van der Waals surface area contributed by atoms with Gasteiger partial charge >= 0.3 is 0 Å². The first-order valence-electron chi connectivity index (χ1n) is 22.2. The van der Waals surface area contributed by atoms with Gasteiger partial charge in [-0.3, -0.25) is 4.79 Å². The summed E-state index contributed by atoms with van der Waals surface area (Å²) in [7, 11) is 0. The second-order valence-corrected chi connectivity index (χ2v) is 15.6. The van der Waals surface area contributed by atoms with E-state index in [9.17, 15) is 20.1 Å². The first-order chi connectivity index (χ1) is 24.0. The van der Waals surface area contributed by atoms with Crippen LogP contribution in [-0.4, -0.2) is 51.1 Å². The first kappa shape index (κ1) is 48.5. The Balaban J connectivity index is 3.42. The van der Waals surface area contributed by atoms with E-state index in [0.717, 1.165) is 38.5 Å². The summed E-state index contributed by atoms with van der Waals surface area (Å²) >= 11 is 0. The van der Waals surface area contributed by atoms with Gasteiger partial charge in [0.05, 0.1) is 12.2 Å². The van der Waals surface area contributed by atoms with Gasteiger partial charge in [-0.1, -0.05) is 219 Å². The van der Waals surface area contributed by atoms with Crippen molar-refractivity contribution < 1.29 is 25.2 Å². The second-order valence-electron chi connectivity index (χ2n) is 15.6. The average Bonchev–Trinajstić information content (AvgIpc) is 3.10. The van der Waals surface area contributed by atoms with Crippen molar-refractivity contribution in [3.8, 4) is 0 Å². The molecule has 0 heterocycles. The van der Waals surface area contributed by atoms with Gasteiger partial charge in [-0.25, -0.2) is 0 Å². The summed E-state index contributed by atoms with van der Waals surface area (Å²) in [5, 5.41) is 39.7. The molecule has 0 saturated carbocycles. The van der Waals surface area contributed by atoms with Gasteiger partial charge in [0.15, 0.2) is 5.78 Å². The molecule has 5 heteroatoms. The van der Waals surface area contributed by atoms with Crippen molar-refractivity contribution in [2.24, 2.45) is 0 Å². The van der Waals surface area contributed by atoms with Crippen molar-refractivity contribution >= 4 is 5.78 Å². The lowest BCUT2D eigenvalue weighted by molar-refractivity contribution is -0.129. The minimum Gasteiger partial charge on any atom is -0.396 e. The third-order valence-corrected chi connectivity index (χ3v) is 10.7. The van der Waals surface area contributed by atoms with Crippen LogP contribution in [0.25, 0.3) is 0 Å². The summed E-state index contributed by atoms with van der Waals surface area (Å²) in [5.41, 5.74) is 0. The van der Waals surface area contributed by atoms with Crippen LogP contribution < -0.4 is 0 Å². The highest BCUT2D eigenvalue weighted by Gasteiger charge is 2.23. The van der Waals surface area contributed by atoms with E-state index in [1.807, 2.05) is 0 Å². The fourth-order valence-corrected chi connectivity index (χ4v) is 7.19. The number of rotatable bonds is 42. The number of aliphatic hydroxyl groups excluding tert-OH is 4. The molecule has 0 aromatic carbocycles. The monoisotopic (exact) mass is 697 g/mol. The number of aliphatic hydroxyl groups is 4. The van der Waals surface area contributed by atoms with Crippen LogP contribution in [-0.2, 0) is 4.79 Å². The standard InChI is InChI=1S/C44H88O5/c1-2-3-4-5-6-7-8-22-25-28-31-34-37-41(46)43(48)40-44(49)42(47)38-35-32-29-26-23-20-18-16-14-12-10-9-11-13-15-17-19-21-24-27-30-33-36-39-45/h41,43-46,48-49H,2-40H2,1H3. The molecule has 0 aromatic heterocycles. The molecule has 0 aliphatic rings. The van der Waals surface area contributed by atoms with Crippen LogP contribution in [0.4, 0.5) is 0 Å². The highest BCUT2D eigenvalue weighted by atomic mass is 16.3. The molecule has 0 aromatic rings. The zero-order valence-corrected chi connectivity index (χ0v) is 33.0. The van der Waals surface area contributed by atoms with Crippen LogP contribution in [0.3, 0.4) is 0 Å². The van der Waals surface area contributed by atoms with E-state index in [0.29, 0.717) is 19.4 Å². The molecule has 0 aliphatic heterocycles. The third-order valence-electron chi connectivity index (χ3n) is 10.7. The molecule has 0 bridgehead atoms. The molecule has 0 rings (SSSR count). The Hall–Kier alpha value is -0.490. The van der Waals surface area contributed by atoms with E-state index < -0.39 is 18.3 Å². The molecule has 5 nitrogen and oxygen atoms in total. The second kappa shape index (κ2) is 40.3. The van der Waals surface area contributed by atoms with Crippen molar-refractivity contribution in [3.05, 3.63) is 0 Å². The van der Waals surface area contributed by atoms with Gasteiger partial charge in [0.1, 0.15) is 6.10 Å². The van der Waals surface area contributed by atoms with Gasteiger partial charge in [-0.15, -0.1) is 0 Å². The molecule has 0 amide bonds. The molecule has 3 atom stereocenters. The topological polar surface area (TPSA) is 98.0 Å². The van der Waals surface area contributed by atoms with Gasteiger partial charge in [-0.2, -0.15) is 0 Å². The zero-order chi connectivity index (χ0) is 35.9. The van der Waals surface area contributed by atoms with E-state index in [1.165, 1.54) is 186 Å². The lowest BCUT2D eigenvalue weighted by Crippen LogP contribution is -2.33. The van der Waals surface area contributed by atoms with Crippen LogP contribution in [0.1, 0.15) is 251 Å². The molecule has 0 spiro atoms. The molecule has 0 aliphatic carbocycles. The Morgan fingerprint density at radius 2 is 0.673 bits per heavy atom. The van der Waals surface area contributed by atoms with E-state index >= 15 is 0 Å². The van der Waals surface area contributed by atoms with E-state index in [4.69, 9.17) is 5.11 Å². The van der Waals surface area contributed by atoms with Gasteiger partial charge in [-0.05, 0) is 19.3 Å². The Labute approximate surface area is 306 Å². The number of unbranched alkanes of at least 4 members (excludes halogenated alkanes) is 33. The number of hydrogen-bond donors (Lipinski definition) is 4. The normalized spacial score (nSPS) is 13.6. The van der Waals surface area contributed by atoms with Gasteiger partial charge < -0.3 is 20.4 Å². The third kappa shape index (κ3) is 37.1. The lowest BCUT2D eigenvalue weighted by atomic mass is 9.97. The molecule has 49 heavy (non-hydrogen) atoms. The first-order valence-corrected chi connectivity index (χ1v) is 22.2. The minimum absolute atomic E-state index is 0.0487. The lowest BCUT2D eigenvalue weighted by Gasteiger charge is -2.20. The Kier molecular flexibility index (Phi) is 39.9.